The zero-order valence-electron chi connectivity index (χ0n) is 32.5. The quantitative estimate of drug-likeness (QED) is 0.129. The summed E-state index contributed by atoms with van der Waals surface area (Å²) in [6, 6.07) is 4.21. The molecule has 0 radical (unpaired) electrons. The Morgan fingerprint density at radius 1 is 0.449 bits per heavy atom. The van der Waals surface area contributed by atoms with E-state index >= 15 is 0 Å². The van der Waals surface area contributed by atoms with Gasteiger partial charge in [0.15, 0.2) is 40.1 Å². The van der Waals surface area contributed by atoms with Crippen LogP contribution in [0.3, 0.4) is 0 Å². The fourth-order valence-corrected chi connectivity index (χ4v) is 31.3. The summed E-state index contributed by atoms with van der Waals surface area (Å²) < 4.78 is 63.3. The van der Waals surface area contributed by atoms with Gasteiger partial charge >= 0.3 is 34.7 Å². The van der Waals surface area contributed by atoms with E-state index in [0.29, 0.717) is 41.6 Å². The van der Waals surface area contributed by atoms with E-state index in [4.69, 9.17) is 34.8 Å². The maximum absolute atomic E-state index is 14.0. The molecule has 1 aromatic heterocycles. The van der Waals surface area contributed by atoms with E-state index in [1.165, 1.54) is 0 Å². The van der Waals surface area contributed by atoms with Crippen LogP contribution in [-0.4, -0.2) is 107 Å². The first-order chi connectivity index (χ1) is 22.6. The molecule has 1 rings (SSSR count). The molecule has 1 aromatic rings. The highest BCUT2D eigenvalue weighted by Gasteiger charge is 2.43. The van der Waals surface area contributed by atoms with E-state index in [2.05, 4.69) is 52.4 Å². The fraction of sp³-hybridized carbons (Fsp3) is 0.893. The number of halogens is 1. The molecule has 14 nitrogen and oxygen atoms in total. The molecule has 0 unspecified atom stereocenters. The van der Waals surface area contributed by atoms with Gasteiger partial charge in [-0.1, -0.05) is 0 Å². The molecular formula is C28H64FN3O11Si6. The molecule has 0 fully saturated rings. The molecule has 0 aliphatic heterocycles. The topological polar surface area (TPSA) is 140 Å². The molecule has 0 bridgehead atoms. The number of hydrogen-bond donors (Lipinski definition) is 0. The van der Waals surface area contributed by atoms with Crippen molar-refractivity contribution in [3.63, 3.8) is 0 Å². The van der Waals surface area contributed by atoms with Gasteiger partial charge in [-0.2, -0.15) is 0 Å². The van der Waals surface area contributed by atoms with Crippen molar-refractivity contribution in [2.24, 2.45) is 0 Å². The van der Waals surface area contributed by atoms with Crippen LogP contribution in [-0.2, 0) is 54.7 Å². The summed E-state index contributed by atoms with van der Waals surface area (Å²) in [5.74, 6) is 0. The smallest absolute Gasteiger partial charge is 0.456 e. The van der Waals surface area contributed by atoms with Gasteiger partial charge in [-0.3, -0.25) is 0 Å². The highest BCUT2D eigenvalue weighted by Crippen LogP contribution is 2.29. The molecule has 0 saturated carbocycles. The van der Waals surface area contributed by atoms with Crippen molar-refractivity contribution in [2.45, 2.75) is 121 Å². The largest absolute Gasteiger partial charge is 0.499 e. The number of alkyl halides is 1. The molecule has 49 heavy (non-hydrogen) atoms. The third-order valence-corrected chi connectivity index (χ3v) is 30.2. The van der Waals surface area contributed by atoms with Crippen LogP contribution >= 0.6 is 0 Å². The van der Waals surface area contributed by atoms with Crippen molar-refractivity contribution in [3.05, 3.63) is 31.5 Å². The molecule has 0 atom stereocenters. The maximum Gasteiger partial charge on any atom is 0.499 e. The predicted octanol–water partition coefficient (Wildman–Crippen LogP) is 4.49. The summed E-state index contributed by atoms with van der Waals surface area (Å²) in [4.78, 5) is 39.5. The Bertz CT molecular complexity index is 1240. The molecule has 0 aliphatic carbocycles. The van der Waals surface area contributed by atoms with Gasteiger partial charge in [0.2, 0.25) is 0 Å². The highest BCUT2D eigenvalue weighted by molar-refractivity contribution is 6.86. The fourth-order valence-electron chi connectivity index (χ4n) is 6.21. The van der Waals surface area contributed by atoms with Crippen LogP contribution in [0.15, 0.2) is 14.4 Å². The van der Waals surface area contributed by atoms with Gasteiger partial charge < -0.3 is 34.8 Å². The molecule has 0 aliphatic rings. The molecule has 1 heterocycles. The van der Waals surface area contributed by atoms with Crippen LogP contribution in [0.2, 0.25) is 88.6 Å². The Kier molecular flexibility index (Phi) is 18.4. The van der Waals surface area contributed by atoms with E-state index in [9.17, 15) is 18.8 Å². The molecule has 0 spiro atoms. The number of rotatable bonds is 25. The summed E-state index contributed by atoms with van der Waals surface area (Å²) in [5.41, 5.74) is -2.58. The third kappa shape index (κ3) is 14.0. The highest BCUT2D eigenvalue weighted by atomic mass is 28.4. The number of nitrogens with zero attached hydrogens (tertiary/aromatic N) is 3. The van der Waals surface area contributed by atoms with Crippen LogP contribution in [0.4, 0.5) is 4.39 Å². The molecule has 0 saturated heterocycles. The van der Waals surface area contributed by atoms with E-state index in [0.717, 1.165) is 21.2 Å². The minimum atomic E-state index is -2.73. The standard InChI is InChI=1S/C28H64FN3O11Si6/c1-36-48(37-2,38-3)23-21-46(11,12)42-44(7,8)19-15-17-30-26(33)31(28(35)32(25-29)27(30)34)18-16-20-45(9,10)43-47(13,14)22-24-49(39-4,40-5)41-6/h15-25H2,1-14H3. The second-order valence-corrected chi connectivity index (χ2v) is 38.6. The van der Waals surface area contributed by atoms with E-state index in [1.54, 1.807) is 42.7 Å². The third-order valence-electron chi connectivity index (χ3n) is 8.86. The van der Waals surface area contributed by atoms with E-state index < -0.39 is 74.7 Å². The Morgan fingerprint density at radius 3 is 0.980 bits per heavy atom. The van der Waals surface area contributed by atoms with Crippen LogP contribution < -0.4 is 17.1 Å². The average molecular weight is 806 g/mol. The van der Waals surface area contributed by atoms with Gasteiger partial charge in [0.1, 0.15) is 0 Å². The molecule has 21 heteroatoms. The summed E-state index contributed by atoms with van der Waals surface area (Å²) in [5, 5.41) is 0. The van der Waals surface area contributed by atoms with Gasteiger partial charge in [-0.05, 0) is 89.4 Å². The lowest BCUT2D eigenvalue weighted by molar-refractivity contribution is 0.124. The average Bonchev–Trinajstić information content (AvgIpc) is 3.01. The van der Waals surface area contributed by atoms with Gasteiger partial charge in [0, 0.05) is 67.8 Å². The minimum absolute atomic E-state index is 0.0607. The van der Waals surface area contributed by atoms with Crippen LogP contribution in [0.5, 0.6) is 0 Å². The van der Waals surface area contributed by atoms with Crippen molar-refractivity contribution in [3.8, 4) is 0 Å². The predicted molar refractivity (Wildman–Crippen MR) is 204 cm³/mol. The second-order valence-electron chi connectivity index (χ2n) is 14.7. The summed E-state index contributed by atoms with van der Waals surface area (Å²) in [6.07, 6.45) is 0.951. The lowest BCUT2D eigenvalue weighted by Gasteiger charge is -2.35. The summed E-state index contributed by atoms with van der Waals surface area (Å²) in [6.45, 7) is 15.9. The van der Waals surface area contributed by atoms with Crippen molar-refractivity contribution in [2.75, 3.05) is 42.7 Å². The number of aromatic nitrogens is 3. The van der Waals surface area contributed by atoms with Gasteiger partial charge in [0.05, 0.1) is 0 Å². The lowest BCUT2D eigenvalue weighted by Crippen LogP contribution is -2.54. The van der Waals surface area contributed by atoms with Crippen molar-refractivity contribution < 1.29 is 39.2 Å². The van der Waals surface area contributed by atoms with Gasteiger partial charge in [0.25, 0.3) is 0 Å². The van der Waals surface area contributed by atoms with Crippen molar-refractivity contribution >= 4 is 50.9 Å². The lowest BCUT2D eigenvalue weighted by atomic mass is 10.4. The number of hydrogen-bond acceptors (Lipinski definition) is 11. The molecule has 288 valence electrons. The van der Waals surface area contributed by atoms with Crippen LogP contribution in [0.1, 0.15) is 12.8 Å². The normalized spacial score (nSPS) is 13.8. The van der Waals surface area contributed by atoms with Crippen LogP contribution in [0.25, 0.3) is 0 Å². The Hall–Kier alpha value is -0.679. The monoisotopic (exact) mass is 805 g/mol. The van der Waals surface area contributed by atoms with Crippen molar-refractivity contribution in [1.29, 1.82) is 0 Å². The molecular weight excluding hydrogens is 742 g/mol. The summed E-state index contributed by atoms with van der Waals surface area (Å²) >= 11 is 0. The first-order valence-corrected chi connectivity index (χ1v) is 33.1. The SMILES string of the molecule is CO[Si](CC[Si](C)(C)O[Si](C)(C)CCCn1c(=O)n(CF)c(=O)n(CCC[Si](C)(C)O[Si](C)(C)CC[Si](OC)(OC)OC)c1=O)(OC)OC. The zero-order chi connectivity index (χ0) is 37.9. The first kappa shape index (κ1) is 46.3. The van der Waals surface area contributed by atoms with Crippen LogP contribution in [0, 0.1) is 0 Å². The minimum Gasteiger partial charge on any atom is -0.456 e. The summed E-state index contributed by atoms with van der Waals surface area (Å²) in [7, 11) is -4.60. The molecule has 0 amide bonds. The van der Waals surface area contributed by atoms with E-state index in [-0.39, 0.29) is 13.1 Å². The second kappa shape index (κ2) is 19.4. The van der Waals surface area contributed by atoms with Crippen molar-refractivity contribution in [1.82, 2.24) is 13.7 Å². The van der Waals surface area contributed by atoms with Gasteiger partial charge in [-0.25, -0.2) is 32.5 Å². The first-order valence-electron chi connectivity index (χ1n) is 16.8. The van der Waals surface area contributed by atoms with E-state index in [1.807, 2.05) is 0 Å². The maximum atomic E-state index is 14.0. The van der Waals surface area contributed by atoms with Gasteiger partial charge in [-0.15, -0.1) is 0 Å². The molecule has 0 N–H and O–H groups in total. The Labute approximate surface area is 298 Å². The zero-order valence-corrected chi connectivity index (χ0v) is 38.5. The Morgan fingerprint density at radius 2 is 0.714 bits per heavy atom. The molecule has 0 aromatic carbocycles. The Balaban J connectivity index is 3.00.